The van der Waals surface area contributed by atoms with Crippen molar-refractivity contribution >= 4 is 34.4 Å². The molecule has 8 heteroatoms. The molecule has 0 aliphatic carbocycles. The van der Waals surface area contributed by atoms with E-state index in [0.717, 1.165) is 5.52 Å². The number of halogens is 4. The fourth-order valence-corrected chi connectivity index (χ4v) is 2.48. The van der Waals surface area contributed by atoms with Crippen molar-refractivity contribution < 1.29 is 13.2 Å². The lowest BCUT2D eigenvalue weighted by Crippen LogP contribution is -2.10. The number of aromatic nitrogens is 3. The number of imidazole rings is 1. The Morgan fingerprint density at radius 3 is 2.84 bits per heavy atom. The summed E-state index contributed by atoms with van der Waals surface area (Å²) in [5.74, 6) is 1.02. The molecule has 0 radical (unpaired) electrons. The van der Waals surface area contributed by atoms with E-state index in [0.29, 0.717) is 23.6 Å². The summed E-state index contributed by atoms with van der Waals surface area (Å²) in [4.78, 5) is 8.30. The summed E-state index contributed by atoms with van der Waals surface area (Å²) >= 11 is 5.66. The Hall–Kier alpha value is -0.950. The minimum atomic E-state index is -4.20. The Labute approximate surface area is 117 Å². The number of hydrogen-bond acceptors (Lipinski definition) is 3. The molecule has 0 amide bonds. The summed E-state index contributed by atoms with van der Waals surface area (Å²) < 4.78 is 38.2. The monoisotopic (exact) mass is 309 g/mol. The Bertz CT molecular complexity index is 556. The maximum atomic E-state index is 12.2. The molecule has 0 aromatic carbocycles. The van der Waals surface area contributed by atoms with Gasteiger partial charge in [0.1, 0.15) is 11.3 Å². The van der Waals surface area contributed by atoms with Crippen molar-refractivity contribution in [1.29, 1.82) is 0 Å². The van der Waals surface area contributed by atoms with E-state index in [-0.39, 0.29) is 24.1 Å². The van der Waals surface area contributed by atoms with Crippen molar-refractivity contribution in [2.45, 2.75) is 18.5 Å². The van der Waals surface area contributed by atoms with E-state index in [1.54, 1.807) is 23.0 Å². The van der Waals surface area contributed by atoms with Gasteiger partial charge in [0.25, 0.3) is 0 Å². The molecule has 2 rings (SSSR count). The number of alkyl halides is 4. The summed E-state index contributed by atoms with van der Waals surface area (Å²) in [7, 11) is 0. The van der Waals surface area contributed by atoms with E-state index in [2.05, 4.69) is 9.97 Å². The number of hydrogen-bond donors (Lipinski definition) is 0. The zero-order valence-electron chi connectivity index (χ0n) is 9.82. The van der Waals surface area contributed by atoms with Gasteiger partial charge < -0.3 is 4.57 Å². The van der Waals surface area contributed by atoms with Crippen molar-refractivity contribution in [2.75, 3.05) is 11.6 Å². The quantitative estimate of drug-likeness (QED) is 0.792. The molecule has 0 atom stereocenters. The van der Waals surface area contributed by atoms with Crippen LogP contribution in [0.25, 0.3) is 11.0 Å². The van der Waals surface area contributed by atoms with E-state index in [1.165, 1.54) is 0 Å². The highest BCUT2D eigenvalue weighted by Gasteiger charge is 2.27. The van der Waals surface area contributed by atoms with Crippen LogP contribution in [0.3, 0.4) is 0 Å². The zero-order chi connectivity index (χ0) is 13.9. The maximum Gasteiger partial charge on any atom is 0.441 e. The Morgan fingerprint density at radius 2 is 2.16 bits per heavy atom. The Morgan fingerprint density at radius 1 is 1.37 bits per heavy atom. The van der Waals surface area contributed by atoms with Gasteiger partial charge in [-0.25, -0.2) is 4.98 Å². The molecule has 0 unspecified atom stereocenters. The van der Waals surface area contributed by atoms with Crippen LogP contribution in [-0.4, -0.2) is 31.7 Å². The molecule has 0 bridgehead atoms. The van der Waals surface area contributed by atoms with Crippen LogP contribution in [0.15, 0.2) is 18.5 Å². The minimum absolute atomic E-state index is 0.0301. The highest BCUT2D eigenvalue weighted by molar-refractivity contribution is 8.00. The SMILES string of the molecule is FC(F)(F)SCCn1c(CCCl)nc2cnccc21. The second kappa shape index (κ2) is 6.00. The molecule has 0 saturated carbocycles. The van der Waals surface area contributed by atoms with Gasteiger partial charge in [-0.15, -0.1) is 11.6 Å². The fraction of sp³-hybridized carbons (Fsp3) is 0.455. The van der Waals surface area contributed by atoms with Gasteiger partial charge in [0.15, 0.2) is 0 Å². The second-order valence-corrected chi connectivity index (χ2v) is 5.32. The van der Waals surface area contributed by atoms with Crippen LogP contribution in [0, 0.1) is 0 Å². The maximum absolute atomic E-state index is 12.2. The Kier molecular flexibility index (Phi) is 4.57. The number of fused-ring (bicyclic) bond motifs is 1. The molecule has 0 aliphatic rings. The van der Waals surface area contributed by atoms with Crippen LogP contribution >= 0.6 is 23.4 Å². The van der Waals surface area contributed by atoms with Crippen LogP contribution in [-0.2, 0) is 13.0 Å². The van der Waals surface area contributed by atoms with Gasteiger partial charge in [0.2, 0.25) is 0 Å². The van der Waals surface area contributed by atoms with Gasteiger partial charge in [-0.2, -0.15) is 13.2 Å². The molecule has 0 N–H and O–H groups in total. The van der Waals surface area contributed by atoms with Crippen LogP contribution < -0.4 is 0 Å². The van der Waals surface area contributed by atoms with E-state index in [4.69, 9.17) is 11.6 Å². The normalized spacial score (nSPS) is 12.2. The number of rotatable bonds is 5. The van der Waals surface area contributed by atoms with E-state index in [1.807, 2.05) is 0 Å². The van der Waals surface area contributed by atoms with Gasteiger partial charge in [-0.3, -0.25) is 4.98 Å². The van der Waals surface area contributed by atoms with Crippen LogP contribution in [0.5, 0.6) is 0 Å². The molecular weight excluding hydrogens is 299 g/mol. The summed E-state index contributed by atoms with van der Waals surface area (Å²) in [6, 6.07) is 1.75. The number of nitrogens with zero attached hydrogens (tertiary/aromatic N) is 3. The largest absolute Gasteiger partial charge is 0.441 e. The minimum Gasteiger partial charge on any atom is -0.327 e. The molecule has 2 aromatic heterocycles. The second-order valence-electron chi connectivity index (χ2n) is 3.78. The third kappa shape index (κ3) is 3.76. The van der Waals surface area contributed by atoms with Crippen molar-refractivity contribution in [3.8, 4) is 0 Å². The average Bonchev–Trinajstić information content (AvgIpc) is 2.67. The lowest BCUT2D eigenvalue weighted by Gasteiger charge is -2.09. The number of pyridine rings is 1. The van der Waals surface area contributed by atoms with Crippen molar-refractivity contribution in [2.24, 2.45) is 0 Å². The third-order valence-corrected chi connectivity index (χ3v) is 3.43. The van der Waals surface area contributed by atoms with E-state index >= 15 is 0 Å². The van der Waals surface area contributed by atoms with E-state index in [9.17, 15) is 13.2 Å². The molecule has 19 heavy (non-hydrogen) atoms. The molecule has 2 aromatic rings. The van der Waals surface area contributed by atoms with Gasteiger partial charge in [0, 0.05) is 30.8 Å². The lowest BCUT2D eigenvalue weighted by molar-refractivity contribution is -0.0328. The highest BCUT2D eigenvalue weighted by Crippen LogP contribution is 2.30. The summed E-state index contributed by atoms with van der Waals surface area (Å²) in [6.45, 7) is 0.247. The molecule has 0 fully saturated rings. The van der Waals surface area contributed by atoms with Crippen molar-refractivity contribution in [3.63, 3.8) is 0 Å². The van der Waals surface area contributed by atoms with Crippen LogP contribution in [0.2, 0.25) is 0 Å². The number of thioether (sulfide) groups is 1. The smallest absolute Gasteiger partial charge is 0.327 e. The third-order valence-electron chi connectivity index (χ3n) is 2.53. The van der Waals surface area contributed by atoms with Crippen molar-refractivity contribution in [1.82, 2.24) is 14.5 Å². The van der Waals surface area contributed by atoms with Gasteiger partial charge in [-0.05, 0) is 17.8 Å². The summed E-state index contributed by atoms with van der Waals surface area (Å²) in [5, 5.41) is 0. The molecule has 104 valence electrons. The molecular formula is C11H11ClF3N3S. The molecule has 0 aliphatic heterocycles. The standard InChI is InChI=1S/C11H11ClF3N3S/c12-3-1-10-17-8-7-16-4-2-9(8)18(10)5-6-19-11(13,14)15/h2,4,7H,1,3,5-6H2. The van der Waals surface area contributed by atoms with Gasteiger partial charge in [0.05, 0.1) is 11.7 Å². The van der Waals surface area contributed by atoms with Crippen LogP contribution in [0.1, 0.15) is 5.82 Å². The molecule has 0 saturated heterocycles. The number of aryl methyl sites for hydroxylation is 2. The van der Waals surface area contributed by atoms with E-state index < -0.39 is 5.51 Å². The fourth-order valence-electron chi connectivity index (χ4n) is 1.81. The van der Waals surface area contributed by atoms with Gasteiger partial charge in [-0.1, -0.05) is 0 Å². The first-order chi connectivity index (χ1) is 9.01. The van der Waals surface area contributed by atoms with Crippen LogP contribution in [0.4, 0.5) is 13.2 Å². The average molecular weight is 310 g/mol. The molecule has 3 nitrogen and oxygen atoms in total. The molecule has 2 heterocycles. The summed E-state index contributed by atoms with van der Waals surface area (Å²) in [5.41, 5.74) is -2.73. The van der Waals surface area contributed by atoms with Crippen molar-refractivity contribution in [3.05, 3.63) is 24.3 Å². The lowest BCUT2D eigenvalue weighted by atomic mass is 10.4. The highest BCUT2D eigenvalue weighted by atomic mass is 35.5. The first-order valence-electron chi connectivity index (χ1n) is 5.57. The topological polar surface area (TPSA) is 30.7 Å². The zero-order valence-corrected chi connectivity index (χ0v) is 11.4. The predicted octanol–water partition coefficient (Wildman–Crippen LogP) is 3.47. The van der Waals surface area contributed by atoms with Gasteiger partial charge >= 0.3 is 5.51 Å². The summed E-state index contributed by atoms with van der Waals surface area (Å²) in [6.07, 6.45) is 3.72. The first kappa shape index (κ1) is 14.5. The predicted molar refractivity (Wildman–Crippen MR) is 70.5 cm³/mol. The first-order valence-corrected chi connectivity index (χ1v) is 7.09. The Balaban J connectivity index is 2.21. The molecule has 0 spiro atoms.